The molecule has 6 aromatic rings. The fourth-order valence-electron chi connectivity index (χ4n) is 12.8. The first-order valence-corrected chi connectivity index (χ1v) is 30.0. The van der Waals surface area contributed by atoms with Crippen LogP contribution in [0.25, 0.3) is 22.3 Å². The third-order valence-corrected chi connectivity index (χ3v) is 17.8. The summed E-state index contributed by atoms with van der Waals surface area (Å²) in [5, 5.41) is 15.7. The van der Waals surface area contributed by atoms with Crippen molar-refractivity contribution in [1.82, 2.24) is 45.3 Å². The summed E-state index contributed by atoms with van der Waals surface area (Å²) in [6.45, 7) is 19.9. The maximum Gasteiger partial charge on any atom is 0.253 e. The number of nitrogens with one attached hydrogen (secondary N) is 4. The van der Waals surface area contributed by atoms with E-state index in [0.29, 0.717) is 71.7 Å². The Kier molecular flexibility index (Phi) is 20.9. The highest BCUT2D eigenvalue weighted by atomic mass is 16.3. The van der Waals surface area contributed by atoms with Crippen molar-refractivity contribution in [2.24, 2.45) is 0 Å². The Morgan fingerprint density at radius 3 is 1.36 bits per heavy atom. The van der Waals surface area contributed by atoms with Gasteiger partial charge in [-0.25, -0.2) is 0 Å². The van der Waals surface area contributed by atoms with Crippen LogP contribution < -0.4 is 31.6 Å². The molecule has 2 amide bonds. The van der Waals surface area contributed by atoms with Crippen LogP contribution in [-0.4, -0.2) is 142 Å². The minimum Gasteiger partial charge on any atom is -0.390 e. The second kappa shape index (κ2) is 28.1. The Hall–Kier alpha value is -7.31. The topological polar surface area (TPSA) is 203 Å². The van der Waals surface area contributed by atoms with Gasteiger partial charge in [-0.3, -0.25) is 38.8 Å². The first kappa shape index (κ1) is 62.7. The summed E-state index contributed by atoms with van der Waals surface area (Å²) in [6.07, 6.45) is 13.0. The fraction of sp³-hybridized carbons (Fsp3) is 0.478. The number of aryl methyl sites for hydroxylation is 4. The molecule has 2 aliphatic carbocycles. The van der Waals surface area contributed by atoms with Crippen LogP contribution in [0.2, 0.25) is 0 Å². The molecular formula is C67H89N11O6. The molecule has 0 atom stereocenters. The van der Waals surface area contributed by atoms with Gasteiger partial charge in [0, 0.05) is 139 Å². The number of aldehydes is 1. The number of pyridine rings is 4. The molecule has 9 rings (SSSR count). The lowest BCUT2D eigenvalue weighted by molar-refractivity contribution is -0.00354. The number of carbonyl (C=O) groups excluding carboxylic acids is 3. The average molecular weight is 1140 g/mol. The number of anilines is 2. The molecule has 0 unspecified atom stereocenters. The zero-order chi connectivity index (χ0) is 60.5. The van der Waals surface area contributed by atoms with E-state index in [0.717, 1.165) is 144 Å². The lowest BCUT2D eigenvalue weighted by Crippen LogP contribution is -2.49. The van der Waals surface area contributed by atoms with E-state index in [9.17, 15) is 29.1 Å². The number of amides is 2. The molecule has 5 N–H and O–H groups in total. The number of aromatic nitrogens is 4. The Balaban J connectivity index is 0.000000220. The monoisotopic (exact) mass is 1140 g/mol. The van der Waals surface area contributed by atoms with E-state index in [1.165, 1.54) is 0 Å². The molecule has 3 aliphatic rings. The minimum absolute atomic E-state index is 0.140. The Morgan fingerprint density at radius 1 is 0.595 bits per heavy atom. The molecule has 2 aromatic carbocycles. The van der Waals surface area contributed by atoms with Gasteiger partial charge in [0.15, 0.2) is 6.29 Å². The second-order valence-corrected chi connectivity index (χ2v) is 24.0. The highest BCUT2D eigenvalue weighted by Gasteiger charge is 2.31. The van der Waals surface area contributed by atoms with Gasteiger partial charge in [0.05, 0.1) is 11.8 Å². The van der Waals surface area contributed by atoms with Crippen molar-refractivity contribution in [1.29, 1.82) is 0 Å². The van der Waals surface area contributed by atoms with Gasteiger partial charge in [-0.15, -0.1) is 0 Å². The average Bonchev–Trinajstić information content (AvgIpc) is 3.09. The molecule has 17 nitrogen and oxygen atoms in total. The van der Waals surface area contributed by atoms with Crippen molar-refractivity contribution < 1.29 is 19.5 Å². The van der Waals surface area contributed by atoms with Gasteiger partial charge in [0.1, 0.15) is 5.69 Å². The molecular weight excluding hydrogens is 1050 g/mol. The summed E-state index contributed by atoms with van der Waals surface area (Å²) < 4.78 is 0. The maximum absolute atomic E-state index is 13.8. The first-order chi connectivity index (χ1) is 40.2. The number of carbonyl (C=O) groups is 3. The number of hydrogen-bond donors (Lipinski definition) is 5. The molecule has 84 heavy (non-hydrogen) atoms. The summed E-state index contributed by atoms with van der Waals surface area (Å²) >= 11 is 0. The predicted molar refractivity (Wildman–Crippen MR) is 336 cm³/mol. The SMILES string of the molecule is CCN(c1cc(-c2ccc(C=O)nc2)cc(C(=O)NCc2c(C)cc(C)[nH]c2=O)c1C)C1CCC(N(C)C)CC1.CCN(c1cc(-c2ccc(CN3CC(O)C3)nc2)cc(C(=O)NCc2c(C)cc(C)[nH]c2=O)c1C)C1CCC(N(C)C)CC1. The number of likely N-dealkylation sites (tertiary alicyclic amines) is 1. The van der Waals surface area contributed by atoms with Gasteiger partial charge in [-0.05, 0) is 217 Å². The zero-order valence-corrected chi connectivity index (χ0v) is 51.6. The molecule has 17 heteroatoms. The van der Waals surface area contributed by atoms with Gasteiger partial charge in [-0.2, -0.15) is 0 Å². The fourth-order valence-corrected chi connectivity index (χ4v) is 12.8. The molecule has 0 bridgehead atoms. The van der Waals surface area contributed by atoms with Crippen LogP contribution >= 0.6 is 0 Å². The number of aliphatic hydroxyl groups is 1. The van der Waals surface area contributed by atoms with Gasteiger partial charge >= 0.3 is 0 Å². The van der Waals surface area contributed by atoms with Crippen molar-refractivity contribution in [3.8, 4) is 22.3 Å². The number of hydrogen-bond acceptors (Lipinski definition) is 13. The van der Waals surface area contributed by atoms with Crippen molar-refractivity contribution in [2.45, 2.75) is 157 Å². The van der Waals surface area contributed by atoms with E-state index in [2.05, 4.69) is 110 Å². The van der Waals surface area contributed by atoms with Gasteiger partial charge in [-0.1, -0.05) is 12.1 Å². The van der Waals surface area contributed by atoms with Gasteiger partial charge in [0.2, 0.25) is 0 Å². The molecule has 448 valence electrons. The van der Waals surface area contributed by atoms with Gasteiger partial charge < -0.3 is 45.3 Å². The number of H-pyrrole nitrogens is 2. The summed E-state index contributed by atoms with van der Waals surface area (Å²) in [5.74, 6) is -0.428. The molecule has 1 aliphatic heterocycles. The number of aromatic amines is 2. The summed E-state index contributed by atoms with van der Waals surface area (Å²) in [6, 6.07) is 21.7. The highest BCUT2D eigenvalue weighted by Crippen LogP contribution is 2.38. The third-order valence-electron chi connectivity index (χ3n) is 17.8. The van der Waals surface area contributed by atoms with Gasteiger partial charge in [0.25, 0.3) is 22.9 Å². The molecule has 0 spiro atoms. The van der Waals surface area contributed by atoms with E-state index in [1.807, 2.05) is 84.1 Å². The molecule has 4 aromatic heterocycles. The second-order valence-electron chi connectivity index (χ2n) is 24.0. The number of β-amino-alcohol motifs (C(OH)–C–C–N with tert-alkyl or cyclic N) is 1. The molecule has 0 radical (unpaired) electrons. The predicted octanol–water partition coefficient (Wildman–Crippen LogP) is 8.97. The van der Waals surface area contributed by atoms with E-state index in [4.69, 9.17) is 4.98 Å². The Bertz CT molecular complexity index is 3390. The van der Waals surface area contributed by atoms with Crippen LogP contribution in [0.3, 0.4) is 0 Å². The van der Waals surface area contributed by atoms with Crippen LogP contribution in [0, 0.1) is 41.5 Å². The molecule has 2 saturated carbocycles. The highest BCUT2D eigenvalue weighted by molar-refractivity contribution is 6.00. The molecule has 1 saturated heterocycles. The zero-order valence-electron chi connectivity index (χ0n) is 51.6. The van der Waals surface area contributed by atoms with Crippen molar-refractivity contribution in [3.63, 3.8) is 0 Å². The van der Waals surface area contributed by atoms with E-state index in [-0.39, 0.29) is 42.1 Å². The molecule has 3 fully saturated rings. The quantitative estimate of drug-likeness (QED) is 0.0482. The first-order valence-electron chi connectivity index (χ1n) is 30.0. The number of aliphatic hydroxyl groups excluding tert-OH is 1. The Morgan fingerprint density at radius 2 is 1.01 bits per heavy atom. The summed E-state index contributed by atoms with van der Waals surface area (Å²) in [4.78, 5) is 90.2. The van der Waals surface area contributed by atoms with Crippen LogP contribution in [0.4, 0.5) is 11.4 Å². The van der Waals surface area contributed by atoms with Crippen LogP contribution in [-0.2, 0) is 19.6 Å². The number of nitrogens with zero attached hydrogens (tertiary/aromatic N) is 7. The Labute approximate surface area is 496 Å². The standard InChI is InChI=1S/C35H48N6O3.C32H41N5O3/c1-7-41(29-12-10-28(11-13-29)39(5)6)33-16-26(25-8-9-27(36-17-25)19-40-20-30(42)21-40)15-31(24(33)4)34(43)37-18-32-22(2)14-23(3)38-35(32)44;1-7-37(27-12-10-26(11-13-27)36(5)6)30-16-24(23-8-9-25(19-38)33-17-23)15-28(22(30)4)31(39)34-18-29-20(2)14-21(3)35-32(29)40/h8-9,14-17,28-30,42H,7,10-13,18-21H2,1-6H3,(H,37,43)(H,38,44);8-9,14-17,19,26-27H,7,10-13,18H2,1-6H3,(H,34,39)(H,35,40). The smallest absolute Gasteiger partial charge is 0.253 e. The van der Waals surface area contributed by atoms with Crippen molar-refractivity contribution >= 4 is 29.5 Å². The van der Waals surface area contributed by atoms with Crippen molar-refractivity contribution in [3.05, 3.63) is 161 Å². The molecule has 5 heterocycles. The summed E-state index contributed by atoms with van der Waals surface area (Å²) in [7, 11) is 8.63. The normalized spacial score (nSPS) is 18.2. The van der Waals surface area contributed by atoms with E-state index in [1.54, 1.807) is 12.3 Å². The van der Waals surface area contributed by atoms with Crippen LogP contribution in [0.1, 0.15) is 147 Å². The van der Waals surface area contributed by atoms with Crippen LogP contribution in [0.5, 0.6) is 0 Å². The van der Waals surface area contributed by atoms with Crippen LogP contribution in [0.15, 0.2) is 82.6 Å². The third kappa shape index (κ3) is 15.0. The number of benzene rings is 2. The van der Waals surface area contributed by atoms with Crippen molar-refractivity contribution in [2.75, 3.05) is 64.2 Å². The summed E-state index contributed by atoms with van der Waals surface area (Å²) in [5.41, 5.74) is 14.1. The number of rotatable bonds is 19. The lowest BCUT2D eigenvalue weighted by atomic mass is 9.88. The minimum atomic E-state index is -0.238. The van der Waals surface area contributed by atoms with E-state index < -0.39 is 0 Å². The maximum atomic E-state index is 13.8. The lowest BCUT2D eigenvalue weighted by Gasteiger charge is -2.40. The van der Waals surface area contributed by atoms with E-state index >= 15 is 0 Å². The largest absolute Gasteiger partial charge is 0.390 e.